The number of aliphatic hydroxyl groups excluding tert-OH is 1. The fourth-order valence-electron chi connectivity index (χ4n) is 4.66. The molecule has 1 aliphatic carbocycles. The zero-order chi connectivity index (χ0) is 17.4. The van der Waals surface area contributed by atoms with Crippen molar-refractivity contribution in [3.8, 4) is 11.3 Å². The summed E-state index contributed by atoms with van der Waals surface area (Å²) >= 11 is 0. The Kier molecular flexibility index (Phi) is 4.44. The minimum atomic E-state index is -0.211. The molecule has 0 unspecified atom stereocenters. The van der Waals surface area contributed by atoms with Gasteiger partial charge < -0.3 is 14.3 Å². The van der Waals surface area contributed by atoms with Gasteiger partial charge in [0.15, 0.2) is 0 Å². The van der Waals surface area contributed by atoms with E-state index in [-0.39, 0.29) is 17.7 Å². The highest BCUT2D eigenvalue weighted by atomic mass is 16.5. The van der Waals surface area contributed by atoms with Gasteiger partial charge in [0.25, 0.3) is 0 Å². The van der Waals surface area contributed by atoms with Gasteiger partial charge in [0.2, 0.25) is 0 Å². The summed E-state index contributed by atoms with van der Waals surface area (Å²) in [5.74, 6) is 1.86. The van der Waals surface area contributed by atoms with E-state index in [1.54, 1.807) is 0 Å². The van der Waals surface area contributed by atoms with Crippen LogP contribution in [-0.2, 0) is 11.3 Å². The number of ether oxygens (including phenoxy) is 1. The predicted molar refractivity (Wildman–Crippen MR) is 97.3 cm³/mol. The van der Waals surface area contributed by atoms with Crippen LogP contribution >= 0.6 is 0 Å². The van der Waals surface area contributed by atoms with E-state index in [0.717, 1.165) is 55.9 Å². The Labute approximate surface area is 149 Å². The number of hydrogen-bond donors (Lipinski definition) is 1. The normalized spacial score (nSPS) is 29.7. The largest absolute Gasteiger partial charge is 0.461 e. The first-order valence-electron chi connectivity index (χ1n) is 9.23. The molecule has 2 aromatic rings. The molecule has 4 heteroatoms. The van der Waals surface area contributed by atoms with Crippen molar-refractivity contribution >= 4 is 0 Å². The molecule has 134 valence electrons. The van der Waals surface area contributed by atoms with E-state index in [0.29, 0.717) is 0 Å². The molecule has 1 N–H and O–H groups in total. The number of likely N-dealkylation sites (tertiary alicyclic amines) is 1. The molecule has 0 amide bonds. The van der Waals surface area contributed by atoms with Gasteiger partial charge in [0, 0.05) is 31.8 Å². The van der Waals surface area contributed by atoms with Crippen molar-refractivity contribution in [3.05, 3.63) is 47.7 Å². The number of aryl methyl sites for hydroxylation is 1. The van der Waals surface area contributed by atoms with E-state index in [9.17, 15) is 5.11 Å². The van der Waals surface area contributed by atoms with E-state index >= 15 is 0 Å². The molecular weight excluding hydrogens is 314 g/mol. The maximum absolute atomic E-state index is 10.2. The SMILES string of the molecule is CO[C@@]12CC[C@H](O)C[C@@H]1N(Cc1ccccc1-c1ccc(C)o1)CC2. The number of fused-ring (bicyclic) bond motifs is 1. The summed E-state index contributed by atoms with van der Waals surface area (Å²) < 4.78 is 11.8. The van der Waals surface area contributed by atoms with E-state index in [1.165, 1.54) is 5.56 Å². The van der Waals surface area contributed by atoms with Crippen LogP contribution in [0, 0.1) is 6.92 Å². The van der Waals surface area contributed by atoms with Gasteiger partial charge in [-0.15, -0.1) is 0 Å². The number of nitrogens with zero attached hydrogens (tertiary/aromatic N) is 1. The van der Waals surface area contributed by atoms with Gasteiger partial charge in [-0.1, -0.05) is 24.3 Å². The van der Waals surface area contributed by atoms with Crippen molar-refractivity contribution in [2.45, 2.75) is 56.9 Å². The lowest BCUT2D eigenvalue weighted by Gasteiger charge is -2.42. The summed E-state index contributed by atoms with van der Waals surface area (Å²) in [6, 6.07) is 12.8. The Morgan fingerprint density at radius 2 is 2.08 bits per heavy atom. The van der Waals surface area contributed by atoms with E-state index < -0.39 is 0 Å². The number of benzene rings is 1. The van der Waals surface area contributed by atoms with Crippen LogP contribution in [0.5, 0.6) is 0 Å². The number of methoxy groups -OCH3 is 1. The van der Waals surface area contributed by atoms with Crippen LogP contribution in [0.2, 0.25) is 0 Å². The Morgan fingerprint density at radius 3 is 2.84 bits per heavy atom. The van der Waals surface area contributed by atoms with Gasteiger partial charge in [0.05, 0.1) is 11.7 Å². The first kappa shape index (κ1) is 16.8. The molecule has 1 saturated heterocycles. The van der Waals surface area contributed by atoms with Crippen LogP contribution in [0.3, 0.4) is 0 Å². The zero-order valence-corrected chi connectivity index (χ0v) is 15.1. The third-order valence-corrected chi connectivity index (χ3v) is 6.07. The third-order valence-electron chi connectivity index (χ3n) is 6.07. The molecule has 0 spiro atoms. The number of aliphatic hydroxyl groups is 1. The van der Waals surface area contributed by atoms with Crippen LogP contribution in [0.4, 0.5) is 0 Å². The van der Waals surface area contributed by atoms with E-state index in [2.05, 4.69) is 29.2 Å². The van der Waals surface area contributed by atoms with Crippen molar-refractivity contribution in [2.24, 2.45) is 0 Å². The quantitative estimate of drug-likeness (QED) is 0.920. The molecule has 1 aromatic heterocycles. The molecule has 25 heavy (non-hydrogen) atoms. The van der Waals surface area contributed by atoms with Crippen LogP contribution in [-0.4, -0.2) is 41.4 Å². The second kappa shape index (κ2) is 6.60. The standard InChI is InChI=1S/C21H27NO3/c1-15-7-8-19(25-15)18-6-4-3-5-16(18)14-22-12-11-21(24-2)10-9-17(23)13-20(21)22/h3-8,17,20,23H,9-14H2,1-2H3/t17-,20-,21+/m0/s1. The average Bonchev–Trinajstić information content (AvgIpc) is 3.20. The summed E-state index contributed by atoms with van der Waals surface area (Å²) in [4.78, 5) is 2.49. The lowest BCUT2D eigenvalue weighted by atomic mass is 9.79. The Bertz CT molecular complexity index is 740. The minimum Gasteiger partial charge on any atom is -0.461 e. The monoisotopic (exact) mass is 341 g/mol. The lowest BCUT2D eigenvalue weighted by molar-refractivity contribution is -0.0879. The van der Waals surface area contributed by atoms with Gasteiger partial charge >= 0.3 is 0 Å². The van der Waals surface area contributed by atoms with E-state index in [4.69, 9.17) is 9.15 Å². The van der Waals surface area contributed by atoms with Crippen molar-refractivity contribution < 1.29 is 14.3 Å². The van der Waals surface area contributed by atoms with Gasteiger partial charge in [-0.25, -0.2) is 0 Å². The fourth-order valence-corrected chi connectivity index (χ4v) is 4.66. The Morgan fingerprint density at radius 1 is 1.24 bits per heavy atom. The lowest BCUT2D eigenvalue weighted by Crippen LogP contribution is -2.51. The second-order valence-corrected chi connectivity index (χ2v) is 7.50. The minimum absolute atomic E-state index is 0.0879. The molecule has 1 saturated carbocycles. The summed E-state index contributed by atoms with van der Waals surface area (Å²) in [5.41, 5.74) is 2.33. The first-order chi connectivity index (χ1) is 12.1. The van der Waals surface area contributed by atoms with Gasteiger partial charge in [-0.05, 0) is 50.3 Å². The Hall–Kier alpha value is -1.62. The third kappa shape index (κ3) is 3.03. The molecule has 1 aromatic carbocycles. The van der Waals surface area contributed by atoms with E-state index in [1.807, 2.05) is 26.2 Å². The van der Waals surface area contributed by atoms with Crippen molar-refractivity contribution in [2.75, 3.05) is 13.7 Å². The summed E-state index contributed by atoms with van der Waals surface area (Å²) in [7, 11) is 1.83. The number of furan rings is 1. The maximum atomic E-state index is 10.2. The first-order valence-corrected chi connectivity index (χ1v) is 9.23. The molecule has 0 radical (unpaired) electrons. The molecule has 4 rings (SSSR count). The summed E-state index contributed by atoms with van der Waals surface area (Å²) in [5, 5.41) is 10.2. The highest BCUT2D eigenvalue weighted by Gasteiger charge is 2.50. The number of hydrogen-bond acceptors (Lipinski definition) is 4. The molecule has 1 aliphatic heterocycles. The highest BCUT2D eigenvalue weighted by Crippen LogP contribution is 2.43. The topological polar surface area (TPSA) is 45.8 Å². The molecule has 2 heterocycles. The zero-order valence-electron chi connectivity index (χ0n) is 15.1. The summed E-state index contributed by atoms with van der Waals surface area (Å²) in [6.07, 6.45) is 3.43. The van der Waals surface area contributed by atoms with Crippen molar-refractivity contribution in [1.29, 1.82) is 0 Å². The number of rotatable bonds is 4. The molecule has 3 atom stereocenters. The predicted octanol–water partition coefficient (Wildman–Crippen LogP) is 3.76. The average molecular weight is 341 g/mol. The molecular formula is C21H27NO3. The van der Waals surface area contributed by atoms with Crippen LogP contribution in [0.15, 0.2) is 40.8 Å². The maximum Gasteiger partial charge on any atom is 0.134 e. The van der Waals surface area contributed by atoms with Gasteiger partial charge in [0.1, 0.15) is 11.5 Å². The highest BCUT2D eigenvalue weighted by molar-refractivity contribution is 5.62. The van der Waals surface area contributed by atoms with Crippen LogP contribution in [0.25, 0.3) is 11.3 Å². The summed E-state index contributed by atoms with van der Waals surface area (Å²) in [6.45, 7) is 3.85. The van der Waals surface area contributed by atoms with Crippen molar-refractivity contribution in [3.63, 3.8) is 0 Å². The second-order valence-electron chi connectivity index (χ2n) is 7.50. The van der Waals surface area contributed by atoms with Crippen LogP contribution in [0.1, 0.15) is 37.0 Å². The fraction of sp³-hybridized carbons (Fsp3) is 0.524. The molecule has 2 fully saturated rings. The smallest absolute Gasteiger partial charge is 0.134 e. The van der Waals surface area contributed by atoms with Crippen molar-refractivity contribution in [1.82, 2.24) is 4.90 Å². The molecule has 4 nitrogen and oxygen atoms in total. The van der Waals surface area contributed by atoms with Gasteiger partial charge in [-0.3, -0.25) is 4.90 Å². The molecule has 0 bridgehead atoms. The van der Waals surface area contributed by atoms with Gasteiger partial charge in [-0.2, -0.15) is 0 Å². The Balaban J connectivity index is 1.61. The van der Waals surface area contributed by atoms with Crippen LogP contribution < -0.4 is 0 Å². The molecule has 2 aliphatic rings.